The highest BCUT2D eigenvalue weighted by Gasteiger charge is 2.16. The normalized spacial score (nSPS) is 10.5. The maximum absolute atomic E-state index is 12.0. The van der Waals surface area contributed by atoms with Crippen molar-refractivity contribution in [1.82, 2.24) is 4.57 Å². The van der Waals surface area contributed by atoms with Crippen LogP contribution < -0.4 is 4.74 Å². The van der Waals surface area contributed by atoms with E-state index in [0.29, 0.717) is 16.9 Å². The Bertz CT molecular complexity index is 1010. The Hall–Kier alpha value is -3.30. The van der Waals surface area contributed by atoms with Gasteiger partial charge in [-0.25, -0.2) is 4.79 Å². The molecule has 0 aliphatic rings. The molecule has 0 saturated heterocycles. The minimum Gasteiger partial charge on any atom is -0.467 e. The molecule has 0 atom stereocenters. The maximum Gasteiger partial charge on any atom is 0.341 e. The van der Waals surface area contributed by atoms with Crippen molar-refractivity contribution in [2.75, 3.05) is 21.0 Å². The molecule has 0 unspecified atom stereocenters. The molecule has 0 spiro atoms. The molecule has 2 aromatic carbocycles. The van der Waals surface area contributed by atoms with Crippen LogP contribution in [-0.4, -0.2) is 31.5 Å². The number of fused-ring (bicyclic) bond motifs is 1. The zero-order valence-corrected chi connectivity index (χ0v) is 14.8. The van der Waals surface area contributed by atoms with Crippen molar-refractivity contribution < 1.29 is 19.0 Å². The number of rotatable bonds is 5. The number of aromatic nitrogens is 1. The zero-order valence-electron chi connectivity index (χ0n) is 14.8. The van der Waals surface area contributed by atoms with E-state index in [2.05, 4.69) is 6.07 Å². The first kappa shape index (κ1) is 17.5. The molecule has 0 aliphatic carbocycles. The van der Waals surface area contributed by atoms with Crippen LogP contribution in [-0.2, 0) is 9.47 Å². The number of esters is 1. The molecule has 3 aromatic rings. The second kappa shape index (κ2) is 7.30. The molecule has 1 aromatic heterocycles. The van der Waals surface area contributed by atoms with E-state index >= 15 is 0 Å². The van der Waals surface area contributed by atoms with Gasteiger partial charge in [0.25, 0.3) is 0 Å². The summed E-state index contributed by atoms with van der Waals surface area (Å²) in [4.78, 5) is 12.0. The molecule has 3 rings (SSSR count). The molecule has 132 valence electrons. The van der Waals surface area contributed by atoms with Crippen LogP contribution in [0.2, 0.25) is 0 Å². The molecule has 0 fully saturated rings. The Balaban J connectivity index is 2.18. The van der Waals surface area contributed by atoms with Gasteiger partial charge in [-0.2, -0.15) is 5.26 Å². The minimum atomic E-state index is -0.492. The first-order valence-corrected chi connectivity index (χ1v) is 7.95. The predicted octanol–water partition coefficient (Wildman–Crippen LogP) is 3.58. The largest absolute Gasteiger partial charge is 0.467 e. The number of hydrogen-bond acceptors (Lipinski definition) is 5. The van der Waals surface area contributed by atoms with Crippen molar-refractivity contribution in [2.24, 2.45) is 0 Å². The summed E-state index contributed by atoms with van der Waals surface area (Å²) in [5.74, 6) is -0.141. The monoisotopic (exact) mass is 350 g/mol. The number of benzene rings is 2. The lowest BCUT2D eigenvalue weighted by Crippen LogP contribution is -2.08. The SMILES string of the molecule is COCOc1cc(-n2cc(C#N)c3ccc(C)cc32)ccc1C(=O)OC. The fourth-order valence-corrected chi connectivity index (χ4v) is 2.82. The minimum absolute atomic E-state index is 0.00241. The molecule has 0 bridgehead atoms. The predicted molar refractivity (Wildman–Crippen MR) is 96.6 cm³/mol. The van der Waals surface area contributed by atoms with Crippen molar-refractivity contribution in [3.05, 3.63) is 59.3 Å². The average Bonchev–Trinajstić information content (AvgIpc) is 3.03. The number of carbonyl (C=O) groups is 1. The quantitative estimate of drug-likeness (QED) is 0.519. The Morgan fingerprint density at radius 1 is 1.19 bits per heavy atom. The fourth-order valence-electron chi connectivity index (χ4n) is 2.82. The summed E-state index contributed by atoms with van der Waals surface area (Å²) < 4.78 is 17.2. The van der Waals surface area contributed by atoms with Gasteiger partial charge in [0.2, 0.25) is 0 Å². The third kappa shape index (κ3) is 3.13. The lowest BCUT2D eigenvalue weighted by Gasteiger charge is -2.13. The van der Waals surface area contributed by atoms with Crippen LogP contribution in [0.3, 0.4) is 0 Å². The number of nitriles is 1. The summed E-state index contributed by atoms with van der Waals surface area (Å²) in [6.45, 7) is 2.00. The molecule has 26 heavy (non-hydrogen) atoms. The van der Waals surface area contributed by atoms with E-state index in [9.17, 15) is 10.1 Å². The van der Waals surface area contributed by atoms with Crippen LogP contribution in [0.25, 0.3) is 16.6 Å². The summed E-state index contributed by atoms with van der Waals surface area (Å²) in [6.07, 6.45) is 1.78. The van der Waals surface area contributed by atoms with E-state index in [4.69, 9.17) is 14.2 Å². The summed E-state index contributed by atoms with van der Waals surface area (Å²) >= 11 is 0. The summed E-state index contributed by atoms with van der Waals surface area (Å²) in [5.41, 5.74) is 3.65. The molecule has 0 saturated carbocycles. The van der Waals surface area contributed by atoms with Crippen molar-refractivity contribution in [1.29, 1.82) is 5.26 Å². The van der Waals surface area contributed by atoms with Gasteiger partial charge in [-0.3, -0.25) is 0 Å². The molecule has 0 amide bonds. The van der Waals surface area contributed by atoms with Crippen molar-refractivity contribution >= 4 is 16.9 Å². The standard InChI is InChI=1S/C20H18N2O4/c1-13-4-6-16-14(10-21)11-22(18(16)8-13)15-5-7-17(20(23)25-3)19(9-15)26-12-24-2/h4-9,11H,12H2,1-3H3. The second-order valence-corrected chi connectivity index (χ2v) is 5.77. The third-order valence-electron chi connectivity index (χ3n) is 4.06. The third-order valence-corrected chi connectivity index (χ3v) is 4.06. The van der Waals surface area contributed by atoms with Gasteiger partial charge in [-0.15, -0.1) is 0 Å². The highest BCUT2D eigenvalue weighted by atomic mass is 16.7. The molecular weight excluding hydrogens is 332 g/mol. The van der Waals surface area contributed by atoms with Gasteiger partial charge in [0.1, 0.15) is 17.4 Å². The zero-order chi connectivity index (χ0) is 18.7. The number of hydrogen-bond donors (Lipinski definition) is 0. The molecular formula is C20H18N2O4. The lowest BCUT2D eigenvalue weighted by atomic mass is 10.1. The van der Waals surface area contributed by atoms with Gasteiger partial charge in [0, 0.05) is 30.4 Å². The number of ether oxygens (including phenoxy) is 3. The van der Waals surface area contributed by atoms with E-state index in [1.807, 2.05) is 29.7 Å². The molecule has 6 heteroatoms. The molecule has 1 heterocycles. The molecule has 6 nitrogen and oxygen atoms in total. The van der Waals surface area contributed by atoms with Gasteiger partial charge >= 0.3 is 5.97 Å². The molecule has 0 radical (unpaired) electrons. The van der Waals surface area contributed by atoms with Crippen LogP contribution in [0.15, 0.2) is 42.6 Å². The van der Waals surface area contributed by atoms with Gasteiger partial charge in [-0.05, 0) is 30.7 Å². The van der Waals surface area contributed by atoms with E-state index in [1.165, 1.54) is 14.2 Å². The van der Waals surface area contributed by atoms with Crippen LogP contribution in [0.1, 0.15) is 21.5 Å². The topological polar surface area (TPSA) is 73.5 Å². The Kier molecular flexibility index (Phi) is 4.92. The van der Waals surface area contributed by atoms with Crippen molar-refractivity contribution in [3.63, 3.8) is 0 Å². The van der Waals surface area contributed by atoms with E-state index < -0.39 is 5.97 Å². The Labute approximate surface area is 151 Å². The summed E-state index contributed by atoms with van der Waals surface area (Å²) in [7, 11) is 2.82. The Morgan fingerprint density at radius 3 is 2.69 bits per heavy atom. The van der Waals surface area contributed by atoms with Crippen LogP contribution in [0.5, 0.6) is 5.75 Å². The van der Waals surface area contributed by atoms with Gasteiger partial charge in [0.05, 0.1) is 18.2 Å². The second-order valence-electron chi connectivity index (χ2n) is 5.77. The molecule has 0 N–H and O–H groups in total. The number of aryl methyl sites for hydroxylation is 1. The number of nitrogens with zero attached hydrogens (tertiary/aromatic N) is 2. The van der Waals surface area contributed by atoms with Crippen LogP contribution >= 0.6 is 0 Å². The summed E-state index contributed by atoms with van der Waals surface area (Å²) in [5, 5.41) is 10.3. The maximum atomic E-state index is 12.0. The highest BCUT2D eigenvalue weighted by molar-refractivity contribution is 5.93. The lowest BCUT2D eigenvalue weighted by molar-refractivity contribution is 0.0465. The van der Waals surface area contributed by atoms with E-state index in [0.717, 1.165) is 22.2 Å². The van der Waals surface area contributed by atoms with Gasteiger partial charge < -0.3 is 18.8 Å². The van der Waals surface area contributed by atoms with Crippen LogP contribution in [0.4, 0.5) is 0 Å². The first-order chi connectivity index (χ1) is 12.6. The van der Waals surface area contributed by atoms with Gasteiger partial charge in [-0.1, -0.05) is 12.1 Å². The van der Waals surface area contributed by atoms with Crippen LogP contribution in [0, 0.1) is 18.3 Å². The van der Waals surface area contributed by atoms with Crippen molar-refractivity contribution in [3.8, 4) is 17.5 Å². The summed E-state index contributed by atoms with van der Waals surface area (Å²) in [6, 6.07) is 13.3. The Morgan fingerprint density at radius 2 is 2.00 bits per heavy atom. The molecule has 0 aliphatic heterocycles. The number of methoxy groups -OCH3 is 2. The first-order valence-electron chi connectivity index (χ1n) is 7.95. The fraction of sp³-hybridized carbons (Fsp3) is 0.200. The number of carbonyl (C=O) groups excluding carboxylic acids is 1. The van der Waals surface area contributed by atoms with Gasteiger partial charge in [0.15, 0.2) is 6.79 Å². The highest BCUT2D eigenvalue weighted by Crippen LogP contribution is 2.29. The average molecular weight is 350 g/mol. The van der Waals surface area contributed by atoms with E-state index in [1.54, 1.807) is 24.4 Å². The van der Waals surface area contributed by atoms with Crippen molar-refractivity contribution in [2.45, 2.75) is 6.92 Å². The van der Waals surface area contributed by atoms with E-state index in [-0.39, 0.29) is 6.79 Å². The smallest absolute Gasteiger partial charge is 0.341 e.